The summed E-state index contributed by atoms with van der Waals surface area (Å²) in [6, 6.07) is 0. The lowest BCUT2D eigenvalue weighted by Crippen LogP contribution is -2.24. The van der Waals surface area contributed by atoms with Crippen molar-refractivity contribution in [3.05, 3.63) is 35.3 Å². The molecule has 0 spiro atoms. The van der Waals surface area contributed by atoms with Gasteiger partial charge in [-0.15, -0.1) is 11.3 Å². The molecule has 2 aromatic rings. The number of hydrogen-bond donors (Lipinski definition) is 1. The lowest BCUT2D eigenvalue weighted by atomic mass is 10.4. The average molecular weight is 236 g/mol. The molecule has 0 radical (unpaired) electrons. The smallest absolute Gasteiger partial charge is 0.262 e. The van der Waals surface area contributed by atoms with Gasteiger partial charge in [-0.1, -0.05) is 0 Å². The number of aryl methyl sites for hydroxylation is 1. The van der Waals surface area contributed by atoms with Crippen LogP contribution in [0.2, 0.25) is 0 Å². The molecule has 2 aromatic heterocycles. The Morgan fingerprint density at radius 1 is 1.50 bits per heavy atom. The van der Waals surface area contributed by atoms with Gasteiger partial charge in [0.25, 0.3) is 5.91 Å². The van der Waals surface area contributed by atoms with Crippen molar-refractivity contribution < 1.29 is 4.79 Å². The van der Waals surface area contributed by atoms with Crippen molar-refractivity contribution in [2.45, 2.75) is 13.0 Å². The predicted molar refractivity (Wildman–Crippen MR) is 61.3 cm³/mol. The number of nitrogens with one attached hydrogen (secondary N) is 1. The molecular weight excluding hydrogens is 224 g/mol. The SMILES string of the molecule is O=C(NCCCn1ccnc1)c1cncs1. The highest BCUT2D eigenvalue weighted by Crippen LogP contribution is 2.04. The van der Waals surface area contributed by atoms with Crippen LogP contribution in [0.3, 0.4) is 0 Å². The maximum Gasteiger partial charge on any atom is 0.262 e. The van der Waals surface area contributed by atoms with Crippen molar-refractivity contribution in [2.24, 2.45) is 0 Å². The fourth-order valence-corrected chi connectivity index (χ4v) is 1.83. The number of hydrogen-bond acceptors (Lipinski definition) is 4. The number of imidazole rings is 1. The number of carbonyl (C=O) groups is 1. The predicted octanol–water partition coefficient (Wildman–Crippen LogP) is 1.16. The number of thiazole rings is 1. The van der Waals surface area contributed by atoms with Crippen LogP contribution in [-0.4, -0.2) is 27.0 Å². The van der Waals surface area contributed by atoms with E-state index in [0.717, 1.165) is 13.0 Å². The normalized spacial score (nSPS) is 10.2. The summed E-state index contributed by atoms with van der Waals surface area (Å²) in [6.45, 7) is 1.53. The second kappa shape index (κ2) is 5.41. The fraction of sp³-hybridized carbons (Fsp3) is 0.300. The standard InChI is InChI=1S/C10H12N4OS/c15-10(9-6-12-8-16-9)13-2-1-4-14-5-3-11-7-14/h3,5-8H,1-2,4H2,(H,13,15). The number of carbonyl (C=O) groups excluding carboxylic acids is 1. The van der Waals surface area contributed by atoms with Crippen molar-refractivity contribution in [1.29, 1.82) is 0 Å². The van der Waals surface area contributed by atoms with Crippen LogP contribution in [0.15, 0.2) is 30.4 Å². The molecule has 2 rings (SSSR count). The lowest BCUT2D eigenvalue weighted by Gasteiger charge is -2.03. The molecule has 0 aromatic carbocycles. The fourth-order valence-electron chi connectivity index (χ4n) is 1.30. The van der Waals surface area contributed by atoms with E-state index < -0.39 is 0 Å². The molecule has 6 heteroatoms. The molecule has 0 aliphatic heterocycles. The monoisotopic (exact) mass is 236 g/mol. The highest BCUT2D eigenvalue weighted by molar-refractivity contribution is 7.11. The van der Waals surface area contributed by atoms with E-state index in [-0.39, 0.29) is 5.91 Å². The average Bonchev–Trinajstić information content (AvgIpc) is 2.96. The van der Waals surface area contributed by atoms with Gasteiger partial charge < -0.3 is 9.88 Å². The molecule has 0 saturated heterocycles. The Hall–Kier alpha value is -1.69. The maximum atomic E-state index is 11.5. The molecule has 1 amide bonds. The van der Waals surface area contributed by atoms with Gasteiger partial charge in [-0.3, -0.25) is 9.78 Å². The van der Waals surface area contributed by atoms with E-state index in [4.69, 9.17) is 0 Å². The van der Waals surface area contributed by atoms with Crippen LogP contribution in [0.4, 0.5) is 0 Å². The highest BCUT2D eigenvalue weighted by atomic mass is 32.1. The third kappa shape index (κ3) is 2.90. The Kier molecular flexibility index (Phi) is 3.66. The van der Waals surface area contributed by atoms with Gasteiger partial charge in [0.05, 0.1) is 18.0 Å². The van der Waals surface area contributed by atoms with E-state index in [9.17, 15) is 4.79 Å². The number of amides is 1. The zero-order valence-corrected chi connectivity index (χ0v) is 9.48. The lowest BCUT2D eigenvalue weighted by molar-refractivity contribution is 0.0956. The number of rotatable bonds is 5. The van der Waals surface area contributed by atoms with Crippen LogP contribution in [0, 0.1) is 0 Å². The van der Waals surface area contributed by atoms with Gasteiger partial charge in [-0.25, -0.2) is 4.98 Å². The third-order valence-corrected chi connectivity index (χ3v) is 2.87. The molecule has 1 N–H and O–H groups in total. The van der Waals surface area contributed by atoms with E-state index in [1.807, 2.05) is 10.8 Å². The topological polar surface area (TPSA) is 59.8 Å². The second-order valence-corrected chi connectivity index (χ2v) is 4.16. The van der Waals surface area contributed by atoms with Gasteiger partial charge in [0.2, 0.25) is 0 Å². The van der Waals surface area contributed by atoms with Gasteiger partial charge in [-0.05, 0) is 6.42 Å². The molecule has 0 bridgehead atoms. The zero-order valence-electron chi connectivity index (χ0n) is 8.67. The molecule has 2 heterocycles. The Balaban J connectivity index is 1.67. The summed E-state index contributed by atoms with van der Waals surface area (Å²) in [5.41, 5.74) is 1.65. The minimum Gasteiger partial charge on any atom is -0.351 e. The quantitative estimate of drug-likeness (QED) is 0.792. The van der Waals surface area contributed by atoms with Crippen LogP contribution in [0.5, 0.6) is 0 Å². The molecule has 0 atom stereocenters. The van der Waals surface area contributed by atoms with Crippen molar-refractivity contribution >= 4 is 17.2 Å². The van der Waals surface area contributed by atoms with E-state index in [0.29, 0.717) is 11.4 Å². The van der Waals surface area contributed by atoms with Crippen LogP contribution >= 0.6 is 11.3 Å². The van der Waals surface area contributed by atoms with Crippen molar-refractivity contribution in [3.8, 4) is 0 Å². The molecule has 0 aliphatic carbocycles. The maximum absolute atomic E-state index is 11.5. The van der Waals surface area contributed by atoms with Gasteiger partial charge in [-0.2, -0.15) is 0 Å². The summed E-state index contributed by atoms with van der Waals surface area (Å²) in [5, 5.41) is 2.85. The van der Waals surface area contributed by atoms with Crippen LogP contribution < -0.4 is 5.32 Å². The van der Waals surface area contributed by atoms with Crippen LogP contribution in [0.25, 0.3) is 0 Å². The van der Waals surface area contributed by atoms with E-state index in [2.05, 4.69) is 15.3 Å². The van der Waals surface area contributed by atoms with E-state index in [1.165, 1.54) is 11.3 Å². The van der Waals surface area contributed by atoms with Gasteiger partial charge >= 0.3 is 0 Å². The first kappa shape index (κ1) is 10.8. The van der Waals surface area contributed by atoms with E-state index >= 15 is 0 Å². The van der Waals surface area contributed by atoms with E-state index in [1.54, 1.807) is 24.2 Å². The van der Waals surface area contributed by atoms with Gasteiger partial charge in [0.15, 0.2) is 0 Å². The highest BCUT2D eigenvalue weighted by Gasteiger charge is 2.05. The summed E-state index contributed by atoms with van der Waals surface area (Å²) < 4.78 is 1.98. The first-order chi connectivity index (χ1) is 7.86. The van der Waals surface area contributed by atoms with Gasteiger partial charge in [0, 0.05) is 25.5 Å². The zero-order chi connectivity index (χ0) is 11.2. The molecule has 84 valence electrons. The van der Waals surface area contributed by atoms with Crippen molar-refractivity contribution in [3.63, 3.8) is 0 Å². The molecule has 0 unspecified atom stereocenters. The molecule has 16 heavy (non-hydrogen) atoms. The number of aromatic nitrogens is 3. The summed E-state index contributed by atoms with van der Waals surface area (Å²) >= 11 is 1.35. The first-order valence-corrected chi connectivity index (χ1v) is 5.86. The summed E-state index contributed by atoms with van der Waals surface area (Å²) in [4.78, 5) is 20.0. The Morgan fingerprint density at radius 3 is 3.12 bits per heavy atom. The second-order valence-electron chi connectivity index (χ2n) is 3.28. The van der Waals surface area contributed by atoms with Gasteiger partial charge in [0.1, 0.15) is 4.88 Å². The Bertz CT molecular complexity index is 424. The minimum absolute atomic E-state index is 0.0480. The largest absolute Gasteiger partial charge is 0.351 e. The number of nitrogens with zero attached hydrogens (tertiary/aromatic N) is 3. The van der Waals surface area contributed by atoms with Crippen LogP contribution in [-0.2, 0) is 6.54 Å². The summed E-state index contributed by atoms with van der Waals surface area (Å²) in [7, 11) is 0. The summed E-state index contributed by atoms with van der Waals surface area (Å²) in [6.07, 6.45) is 7.89. The first-order valence-electron chi connectivity index (χ1n) is 4.98. The molecule has 0 saturated carbocycles. The summed E-state index contributed by atoms with van der Waals surface area (Å²) in [5.74, 6) is -0.0480. The third-order valence-electron chi connectivity index (χ3n) is 2.09. The molecule has 5 nitrogen and oxygen atoms in total. The molecule has 0 aliphatic rings. The minimum atomic E-state index is -0.0480. The Morgan fingerprint density at radius 2 is 2.44 bits per heavy atom. The molecule has 0 fully saturated rings. The van der Waals surface area contributed by atoms with Crippen molar-refractivity contribution in [1.82, 2.24) is 19.9 Å². The van der Waals surface area contributed by atoms with Crippen LogP contribution in [0.1, 0.15) is 16.1 Å². The Labute approximate surface area is 97.2 Å². The molecular formula is C10H12N4OS. The van der Waals surface area contributed by atoms with Crippen molar-refractivity contribution in [2.75, 3.05) is 6.54 Å².